The van der Waals surface area contributed by atoms with Crippen molar-refractivity contribution in [2.24, 2.45) is 5.73 Å². The zero-order chi connectivity index (χ0) is 28.2. The summed E-state index contributed by atoms with van der Waals surface area (Å²) in [6.07, 6.45) is 36.3. The first-order valence-corrected chi connectivity index (χ1v) is 20.3. The van der Waals surface area contributed by atoms with E-state index in [-0.39, 0.29) is 12.5 Å². The Bertz CT molecular complexity index is 491. The van der Waals surface area contributed by atoms with Crippen molar-refractivity contribution in [3.05, 3.63) is 0 Å². The third-order valence-corrected chi connectivity index (χ3v) is 15.3. The summed E-state index contributed by atoms with van der Waals surface area (Å²) in [5, 5.41) is 0. The second-order valence-electron chi connectivity index (χ2n) is 12.5. The molecular formula is C34H72NO2P. The molecule has 0 amide bonds. The predicted octanol–water partition coefficient (Wildman–Crippen LogP) is 11.4. The van der Waals surface area contributed by atoms with Gasteiger partial charge in [-0.25, -0.2) is 0 Å². The van der Waals surface area contributed by atoms with Gasteiger partial charge in [-0.1, -0.05) is 13.3 Å². The number of carbonyl (C=O) groups excluding carboxylic acids is 1. The molecule has 0 radical (unpaired) electrons. The van der Waals surface area contributed by atoms with Gasteiger partial charge in [0.05, 0.1) is 0 Å². The zero-order valence-electron chi connectivity index (χ0n) is 26.8. The maximum absolute atomic E-state index is 12.9. The standard InChI is InChI=1S/C34H72NO2P/c1-5-9-13-17-18-19-20-21-22-23-24-28-32-38(37-34(36)33-35,29-25-14-10-6-2,30-26-15-11-7-3)31-27-16-12-8-4/h5-33,35H2,1-4H3. The van der Waals surface area contributed by atoms with E-state index in [0.29, 0.717) is 0 Å². The Kier molecular flexibility index (Phi) is 25.7. The van der Waals surface area contributed by atoms with E-state index in [0.717, 1.165) is 18.5 Å². The van der Waals surface area contributed by atoms with E-state index >= 15 is 0 Å². The van der Waals surface area contributed by atoms with Crippen molar-refractivity contribution < 1.29 is 9.32 Å². The number of carbonyl (C=O) groups is 1. The van der Waals surface area contributed by atoms with Gasteiger partial charge in [0, 0.05) is 0 Å². The van der Waals surface area contributed by atoms with Crippen LogP contribution in [0.25, 0.3) is 0 Å². The summed E-state index contributed by atoms with van der Waals surface area (Å²) in [4.78, 5) is 12.9. The van der Waals surface area contributed by atoms with Gasteiger partial charge in [-0.2, -0.15) is 0 Å². The molecule has 0 bridgehead atoms. The molecule has 0 unspecified atom stereocenters. The first kappa shape index (κ1) is 37.9. The zero-order valence-corrected chi connectivity index (χ0v) is 27.7. The van der Waals surface area contributed by atoms with Crippen molar-refractivity contribution in [3.63, 3.8) is 0 Å². The van der Waals surface area contributed by atoms with Gasteiger partial charge in [0.2, 0.25) is 0 Å². The van der Waals surface area contributed by atoms with Gasteiger partial charge >= 0.3 is 227 Å². The van der Waals surface area contributed by atoms with Crippen molar-refractivity contribution in [3.8, 4) is 0 Å². The normalized spacial score (nSPS) is 12.9. The average Bonchev–Trinajstić information content (AvgIpc) is 2.92. The molecule has 0 saturated carbocycles. The molecule has 0 rings (SSSR count). The maximum atomic E-state index is 12.9. The van der Waals surface area contributed by atoms with Gasteiger partial charge in [0.1, 0.15) is 0 Å². The number of nitrogens with two attached hydrogens (primary N) is 1. The van der Waals surface area contributed by atoms with E-state index in [1.54, 1.807) is 0 Å². The Hall–Kier alpha value is -0.140. The van der Waals surface area contributed by atoms with Gasteiger partial charge in [0.15, 0.2) is 0 Å². The topological polar surface area (TPSA) is 52.3 Å². The first-order valence-electron chi connectivity index (χ1n) is 17.4. The van der Waals surface area contributed by atoms with E-state index in [1.807, 2.05) is 0 Å². The minimum atomic E-state index is -2.61. The third-order valence-electron chi connectivity index (χ3n) is 8.84. The molecule has 2 N–H and O–H groups in total. The van der Waals surface area contributed by atoms with Crippen LogP contribution in [0.1, 0.15) is 182 Å². The van der Waals surface area contributed by atoms with Crippen molar-refractivity contribution in [2.75, 3.05) is 31.2 Å². The molecule has 0 aliphatic heterocycles. The van der Waals surface area contributed by atoms with Crippen LogP contribution in [0.15, 0.2) is 0 Å². The Morgan fingerprint density at radius 2 is 0.684 bits per heavy atom. The summed E-state index contributed by atoms with van der Waals surface area (Å²) in [5.74, 6) is -0.122. The van der Waals surface area contributed by atoms with E-state index in [2.05, 4.69) is 27.7 Å². The molecule has 0 aliphatic carbocycles. The summed E-state index contributed by atoms with van der Waals surface area (Å²) < 4.78 is 6.78. The fraction of sp³-hybridized carbons (Fsp3) is 0.971. The summed E-state index contributed by atoms with van der Waals surface area (Å²) in [6.45, 7) is 6.58. The summed E-state index contributed by atoms with van der Waals surface area (Å²) >= 11 is 0. The van der Waals surface area contributed by atoms with E-state index in [1.165, 1.54) is 160 Å². The molecule has 0 spiro atoms. The molecule has 0 fully saturated rings. The Balaban J connectivity index is 5.21. The van der Waals surface area contributed by atoms with Crippen molar-refractivity contribution >= 4 is 12.8 Å². The van der Waals surface area contributed by atoms with Gasteiger partial charge in [-0.3, -0.25) is 0 Å². The molecule has 230 valence electrons. The molecule has 3 nitrogen and oxygen atoms in total. The van der Waals surface area contributed by atoms with Crippen LogP contribution in [-0.4, -0.2) is 37.2 Å². The fourth-order valence-corrected chi connectivity index (χ4v) is 12.8. The van der Waals surface area contributed by atoms with Crippen LogP contribution < -0.4 is 5.73 Å². The number of rotatable bonds is 30. The Morgan fingerprint density at radius 1 is 0.447 bits per heavy atom. The van der Waals surface area contributed by atoms with Crippen molar-refractivity contribution in [1.82, 2.24) is 0 Å². The van der Waals surface area contributed by atoms with Gasteiger partial charge in [0.25, 0.3) is 0 Å². The molecule has 0 saturated heterocycles. The molecule has 0 aromatic carbocycles. The second kappa shape index (κ2) is 25.8. The molecule has 38 heavy (non-hydrogen) atoms. The van der Waals surface area contributed by atoms with E-state index in [4.69, 9.17) is 10.3 Å². The predicted molar refractivity (Wildman–Crippen MR) is 175 cm³/mol. The fourth-order valence-electron chi connectivity index (χ4n) is 6.35. The second-order valence-corrected chi connectivity index (χ2v) is 18.2. The van der Waals surface area contributed by atoms with Gasteiger partial charge in [-0.05, 0) is 0 Å². The number of hydrogen-bond donors (Lipinski definition) is 1. The Morgan fingerprint density at radius 3 is 0.947 bits per heavy atom. The van der Waals surface area contributed by atoms with Crippen LogP contribution in [0.3, 0.4) is 0 Å². The van der Waals surface area contributed by atoms with Crippen LogP contribution in [0.5, 0.6) is 0 Å². The van der Waals surface area contributed by atoms with E-state index < -0.39 is 6.83 Å². The van der Waals surface area contributed by atoms with Crippen LogP contribution >= 0.6 is 6.83 Å². The molecule has 0 aliphatic rings. The van der Waals surface area contributed by atoms with Crippen LogP contribution in [0.4, 0.5) is 0 Å². The molecule has 0 aromatic rings. The molecule has 0 atom stereocenters. The van der Waals surface area contributed by atoms with Gasteiger partial charge < -0.3 is 0 Å². The summed E-state index contributed by atoms with van der Waals surface area (Å²) in [5.41, 5.74) is 5.88. The first-order chi connectivity index (χ1) is 18.5. The van der Waals surface area contributed by atoms with Crippen LogP contribution in [0, 0.1) is 0 Å². The minimum absolute atomic E-state index is 0.0369. The molecule has 0 heterocycles. The number of hydrogen-bond acceptors (Lipinski definition) is 3. The van der Waals surface area contributed by atoms with Gasteiger partial charge in [-0.15, -0.1) is 0 Å². The summed E-state index contributed by atoms with van der Waals surface area (Å²) in [6, 6.07) is 0. The third kappa shape index (κ3) is 19.0. The van der Waals surface area contributed by atoms with Crippen LogP contribution in [0.2, 0.25) is 0 Å². The average molecular weight is 558 g/mol. The van der Waals surface area contributed by atoms with E-state index in [9.17, 15) is 4.79 Å². The SMILES string of the molecule is CCCCCCCCCCCCCCP(CCCCCC)(CCCCCC)(CCCCCC)OC(=O)CN. The van der Waals surface area contributed by atoms with Crippen LogP contribution in [-0.2, 0) is 9.32 Å². The quantitative estimate of drug-likeness (QED) is 0.0705. The number of unbranched alkanes of at least 4 members (excludes halogenated alkanes) is 20. The van der Waals surface area contributed by atoms with Crippen molar-refractivity contribution in [2.45, 2.75) is 182 Å². The molecule has 0 aromatic heterocycles. The monoisotopic (exact) mass is 558 g/mol. The van der Waals surface area contributed by atoms with Crippen molar-refractivity contribution in [1.29, 1.82) is 0 Å². The Labute approximate surface area is 240 Å². The molecule has 4 heteroatoms. The molecular weight excluding hydrogens is 485 g/mol. The summed E-state index contributed by atoms with van der Waals surface area (Å²) in [7, 11) is 0.